The van der Waals surface area contributed by atoms with Crippen molar-refractivity contribution in [2.24, 2.45) is 0 Å². The molecular formula is C17H16ClNO2S. The third-order valence-electron chi connectivity index (χ3n) is 3.69. The molecule has 2 aromatic carbocycles. The molecule has 2 atom stereocenters. The molecule has 0 bridgehead atoms. The van der Waals surface area contributed by atoms with Gasteiger partial charge in [-0.1, -0.05) is 60.1 Å². The summed E-state index contributed by atoms with van der Waals surface area (Å²) in [6.45, 7) is 0. The van der Waals surface area contributed by atoms with Gasteiger partial charge in [-0.15, -0.1) is 0 Å². The molecule has 0 saturated carbocycles. The number of carbonyl (C=O) groups is 1. The van der Waals surface area contributed by atoms with Crippen LogP contribution in [0, 0.1) is 0 Å². The summed E-state index contributed by atoms with van der Waals surface area (Å²) >= 11 is 7.78. The van der Waals surface area contributed by atoms with Gasteiger partial charge in [0, 0.05) is 17.9 Å². The second-order valence-corrected chi connectivity index (χ2v) is 6.39. The molecule has 0 N–H and O–H groups in total. The number of hydrogen-bond donors (Lipinski definition) is 0. The standard InChI is InChI=1S/C17H16ClNO2S/c1-21-16-15(13-9-5-6-10-14(13)18)19(17(16)20)22-11-12-7-3-2-4-8-12/h2-10,15-16H,11H2,1H3/t15-,16+/m0/s1. The maximum atomic E-state index is 12.2. The highest BCUT2D eigenvalue weighted by Crippen LogP contribution is 2.44. The lowest BCUT2D eigenvalue weighted by Crippen LogP contribution is -2.56. The number of amides is 1. The molecule has 0 aliphatic carbocycles. The first-order valence-electron chi connectivity index (χ1n) is 6.99. The van der Waals surface area contributed by atoms with Gasteiger partial charge in [0.1, 0.15) is 6.04 Å². The van der Waals surface area contributed by atoms with Crippen molar-refractivity contribution in [1.82, 2.24) is 4.31 Å². The number of methoxy groups -OCH3 is 1. The van der Waals surface area contributed by atoms with Crippen LogP contribution < -0.4 is 0 Å². The van der Waals surface area contributed by atoms with Crippen LogP contribution in [0.5, 0.6) is 0 Å². The fourth-order valence-corrected chi connectivity index (χ4v) is 3.88. The van der Waals surface area contributed by atoms with Gasteiger partial charge in [-0.25, -0.2) is 0 Å². The Balaban J connectivity index is 1.77. The van der Waals surface area contributed by atoms with Crippen LogP contribution in [0.4, 0.5) is 0 Å². The number of ether oxygens (including phenoxy) is 1. The van der Waals surface area contributed by atoms with Crippen molar-refractivity contribution in [3.05, 3.63) is 70.7 Å². The Morgan fingerprint density at radius 3 is 2.50 bits per heavy atom. The van der Waals surface area contributed by atoms with E-state index in [4.69, 9.17) is 16.3 Å². The molecule has 3 rings (SSSR count). The summed E-state index contributed by atoms with van der Waals surface area (Å²) in [5, 5.41) is 0.660. The highest BCUT2D eigenvalue weighted by molar-refractivity contribution is 7.96. The molecule has 0 radical (unpaired) electrons. The molecule has 0 aromatic heterocycles. The lowest BCUT2D eigenvalue weighted by Gasteiger charge is -2.45. The Bertz CT molecular complexity index is 665. The Morgan fingerprint density at radius 1 is 1.14 bits per heavy atom. The predicted octanol–water partition coefficient (Wildman–Crippen LogP) is 4.09. The van der Waals surface area contributed by atoms with Gasteiger partial charge in [-0.2, -0.15) is 0 Å². The first-order valence-corrected chi connectivity index (χ1v) is 8.31. The first-order chi connectivity index (χ1) is 10.7. The minimum atomic E-state index is -0.455. The van der Waals surface area contributed by atoms with Crippen molar-refractivity contribution in [2.45, 2.75) is 17.9 Å². The Kier molecular flexibility index (Phi) is 4.71. The van der Waals surface area contributed by atoms with Gasteiger partial charge in [0.25, 0.3) is 5.91 Å². The molecule has 5 heteroatoms. The molecule has 2 aromatic rings. The van der Waals surface area contributed by atoms with Crippen molar-refractivity contribution in [3.8, 4) is 0 Å². The van der Waals surface area contributed by atoms with E-state index in [2.05, 4.69) is 12.1 Å². The Morgan fingerprint density at radius 2 is 1.82 bits per heavy atom. The van der Waals surface area contributed by atoms with E-state index >= 15 is 0 Å². The zero-order valence-corrected chi connectivity index (χ0v) is 13.7. The van der Waals surface area contributed by atoms with Gasteiger partial charge in [0.2, 0.25) is 0 Å². The summed E-state index contributed by atoms with van der Waals surface area (Å²) < 4.78 is 7.11. The minimum Gasteiger partial charge on any atom is -0.369 e. The smallest absolute Gasteiger partial charge is 0.264 e. The first kappa shape index (κ1) is 15.4. The summed E-state index contributed by atoms with van der Waals surface area (Å²) in [5.74, 6) is 0.734. The van der Waals surface area contributed by atoms with Crippen molar-refractivity contribution < 1.29 is 9.53 Å². The van der Waals surface area contributed by atoms with Crippen molar-refractivity contribution in [2.75, 3.05) is 7.11 Å². The average molecular weight is 334 g/mol. The molecule has 3 nitrogen and oxygen atoms in total. The van der Waals surface area contributed by atoms with Gasteiger partial charge in [0.15, 0.2) is 6.10 Å². The maximum Gasteiger partial charge on any atom is 0.264 e. The van der Waals surface area contributed by atoms with E-state index in [1.54, 1.807) is 11.4 Å². The Labute approximate surface area is 139 Å². The zero-order valence-electron chi connectivity index (χ0n) is 12.1. The Hall–Kier alpha value is -1.49. The number of hydrogen-bond acceptors (Lipinski definition) is 3. The van der Waals surface area contributed by atoms with Crippen LogP contribution >= 0.6 is 23.5 Å². The van der Waals surface area contributed by atoms with Crippen LogP contribution in [0.25, 0.3) is 0 Å². The second-order valence-electron chi connectivity index (χ2n) is 5.05. The summed E-state index contributed by atoms with van der Waals surface area (Å²) in [6, 6.07) is 17.5. The molecule has 1 aliphatic heterocycles. The fraction of sp³-hybridized carbons (Fsp3) is 0.235. The topological polar surface area (TPSA) is 29.5 Å². The number of carbonyl (C=O) groups excluding carboxylic acids is 1. The number of benzene rings is 2. The third kappa shape index (κ3) is 2.86. The lowest BCUT2D eigenvalue weighted by molar-refractivity contribution is -0.158. The lowest BCUT2D eigenvalue weighted by atomic mass is 9.94. The molecule has 0 spiro atoms. The zero-order chi connectivity index (χ0) is 15.5. The van der Waals surface area contributed by atoms with Gasteiger partial charge >= 0.3 is 0 Å². The summed E-state index contributed by atoms with van der Waals surface area (Å²) in [5.41, 5.74) is 2.11. The summed E-state index contributed by atoms with van der Waals surface area (Å²) in [4.78, 5) is 12.2. The number of β-lactam (4-membered cyclic amide) rings is 1. The normalized spacial score (nSPS) is 20.8. The van der Waals surface area contributed by atoms with Crippen LogP contribution in [0.1, 0.15) is 17.2 Å². The van der Waals surface area contributed by atoms with Gasteiger partial charge in [-0.3, -0.25) is 9.10 Å². The quantitative estimate of drug-likeness (QED) is 0.609. The molecule has 1 amide bonds. The minimum absolute atomic E-state index is 0.00616. The SMILES string of the molecule is CO[C@H]1C(=O)N(SCc2ccccc2)[C@H]1c1ccccc1Cl. The van der Waals surface area contributed by atoms with Crippen molar-refractivity contribution in [3.63, 3.8) is 0 Å². The predicted molar refractivity (Wildman–Crippen MR) is 89.6 cm³/mol. The molecule has 0 unspecified atom stereocenters. The van der Waals surface area contributed by atoms with E-state index in [1.165, 1.54) is 17.5 Å². The highest BCUT2D eigenvalue weighted by Gasteiger charge is 2.49. The van der Waals surface area contributed by atoms with E-state index in [0.717, 1.165) is 11.3 Å². The highest BCUT2D eigenvalue weighted by atomic mass is 35.5. The second kappa shape index (κ2) is 6.73. The number of nitrogens with zero attached hydrogens (tertiary/aromatic N) is 1. The number of halogens is 1. The summed E-state index contributed by atoms with van der Waals surface area (Å²) in [7, 11) is 1.56. The van der Waals surface area contributed by atoms with E-state index in [-0.39, 0.29) is 11.9 Å². The molecule has 1 fully saturated rings. The van der Waals surface area contributed by atoms with E-state index in [9.17, 15) is 4.79 Å². The van der Waals surface area contributed by atoms with Crippen molar-refractivity contribution >= 4 is 29.5 Å². The van der Waals surface area contributed by atoms with Gasteiger partial charge in [0.05, 0.1) is 0 Å². The summed E-state index contributed by atoms with van der Waals surface area (Å²) in [6.07, 6.45) is -0.455. The van der Waals surface area contributed by atoms with Crippen LogP contribution in [0.3, 0.4) is 0 Å². The monoisotopic (exact) mass is 333 g/mol. The molecule has 1 saturated heterocycles. The third-order valence-corrected chi connectivity index (χ3v) is 5.18. The van der Waals surface area contributed by atoms with Crippen LogP contribution in [0.2, 0.25) is 5.02 Å². The molecule has 1 aliphatic rings. The van der Waals surface area contributed by atoms with E-state index in [0.29, 0.717) is 5.02 Å². The van der Waals surface area contributed by atoms with E-state index in [1.807, 2.05) is 42.5 Å². The fourth-order valence-electron chi connectivity index (χ4n) is 2.53. The number of rotatable bonds is 5. The van der Waals surface area contributed by atoms with Gasteiger partial charge < -0.3 is 4.74 Å². The van der Waals surface area contributed by atoms with Crippen LogP contribution in [0.15, 0.2) is 54.6 Å². The van der Waals surface area contributed by atoms with Crippen molar-refractivity contribution in [1.29, 1.82) is 0 Å². The largest absolute Gasteiger partial charge is 0.369 e. The maximum absolute atomic E-state index is 12.2. The van der Waals surface area contributed by atoms with Gasteiger partial charge in [-0.05, 0) is 29.1 Å². The molecular weight excluding hydrogens is 318 g/mol. The van der Waals surface area contributed by atoms with Crippen LogP contribution in [-0.2, 0) is 15.3 Å². The molecule has 1 heterocycles. The van der Waals surface area contributed by atoms with E-state index < -0.39 is 6.10 Å². The molecule has 22 heavy (non-hydrogen) atoms. The van der Waals surface area contributed by atoms with Crippen LogP contribution in [-0.4, -0.2) is 23.4 Å². The molecule has 114 valence electrons. The average Bonchev–Trinajstić information content (AvgIpc) is 2.55.